The second-order valence-electron chi connectivity index (χ2n) is 13.0. The van der Waals surface area contributed by atoms with Crippen molar-refractivity contribution in [2.45, 2.75) is 90.3 Å². The number of benzene rings is 1. The highest BCUT2D eigenvalue weighted by atomic mass is 16.3. The minimum Gasteiger partial charge on any atom is -0.391 e. The lowest BCUT2D eigenvalue weighted by molar-refractivity contribution is -0.152. The molecule has 1 aromatic carbocycles. The standard InChI is InChI=1S/C30H46N2O2/c1-19(32(4)5)22-13-14-23-21-11-12-25-27(33)26(31-28(34)20-9-7-6-8-10-20)16-18-30(25,3)24(21)15-17-29(22,23)2/h6-10,19,21-27,33H,11-18H2,1-5H3,(H,31,34)/t19-,21-,22-,23-,24-,25+,26+,27-,29-,30+/m1/s1. The van der Waals surface area contributed by atoms with E-state index in [9.17, 15) is 9.90 Å². The van der Waals surface area contributed by atoms with Crippen molar-refractivity contribution >= 4 is 5.91 Å². The van der Waals surface area contributed by atoms with E-state index in [1.54, 1.807) is 0 Å². The van der Waals surface area contributed by atoms with Crippen LogP contribution in [-0.2, 0) is 0 Å². The quantitative estimate of drug-likeness (QED) is 0.628. The second kappa shape index (κ2) is 8.92. The molecule has 2 N–H and O–H groups in total. The normalized spacial score (nSPS) is 44.6. The molecule has 4 aliphatic carbocycles. The molecular formula is C30H46N2O2. The van der Waals surface area contributed by atoms with Crippen LogP contribution in [0, 0.1) is 40.4 Å². The molecule has 4 fully saturated rings. The Kier molecular flexibility index (Phi) is 6.38. The summed E-state index contributed by atoms with van der Waals surface area (Å²) in [7, 11) is 4.49. The number of aliphatic hydroxyl groups is 1. The first-order valence-corrected chi connectivity index (χ1v) is 13.9. The predicted molar refractivity (Wildman–Crippen MR) is 137 cm³/mol. The topological polar surface area (TPSA) is 52.6 Å². The molecule has 0 aromatic heterocycles. The van der Waals surface area contributed by atoms with Crippen LogP contribution in [0.25, 0.3) is 0 Å². The molecule has 4 aliphatic rings. The number of hydrogen-bond donors (Lipinski definition) is 2. The molecule has 34 heavy (non-hydrogen) atoms. The average molecular weight is 467 g/mol. The molecule has 0 heterocycles. The van der Waals surface area contributed by atoms with Gasteiger partial charge in [-0.3, -0.25) is 4.79 Å². The van der Waals surface area contributed by atoms with Gasteiger partial charge in [-0.05, 0) is 125 Å². The first-order valence-electron chi connectivity index (χ1n) is 13.9. The summed E-state index contributed by atoms with van der Waals surface area (Å²) in [6.07, 6.45) is 9.35. The van der Waals surface area contributed by atoms with Crippen LogP contribution >= 0.6 is 0 Å². The summed E-state index contributed by atoms with van der Waals surface area (Å²) in [6, 6.07) is 9.94. The number of aliphatic hydroxyl groups excluding tert-OH is 1. The van der Waals surface area contributed by atoms with Crippen LogP contribution < -0.4 is 5.32 Å². The third-order valence-electron chi connectivity index (χ3n) is 11.6. The van der Waals surface area contributed by atoms with Gasteiger partial charge in [-0.1, -0.05) is 32.0 Å². The molecule has 1 amide bonds. The van der Waals surface area contributed by atoms with Crippen molar-refractivity contribution in [3.05, 3.63) is 35.9 Å². The molecule has 0 aliphatic heterocycles. The second-order valence-corrected chi connectivity index (χ2v) is 13.0. The van der Waals surface area contributed by atoms with E-state index in [-0.39, 0.29) is 17.4 Å². The van der Waals surface area contributed by atoms with Crippen molar-refractivity contribution in [3.8, 4) is 0 Å². The fraction of sp³-hybridized carbons (Fsp3) is 0.767. The summed E-state index contributed by atoms with van der Waals surface area (Å²) >= 11 is 0. The van der Waals surface area contributed by atoms with E-state index in [1.807, 2.05) is 30.3 Å². The van der Waals surface area contributed by atoms with Crippen molar-refractivity contribution in [3.63, 3.8) is 0 Å². The maximum Gasteiger partial charge on any atom is 0.251 e. The predicted octanol–water partition coefficient (Wildman–Crippen LogP) is 5.36. The smallest absolute Gasteiger partial charge is 0.251 e. The largest absolute Gasteiger partial charge is 0.391 e. The van der Waals surface area contributed by atoms with Gasteiger partial charge in [0.25, 0.3) is 5.91 Å². The first kappa shape index (κ1) is 24.3. The molecule has 0 saturated heterocycles. The number of hydrogen-bond acceptors (Lipinski definition) is 3. The number of fused-ring (bicyclic) bond motifs is 5. The van der Waals surface area contributed by atoms with Gasteiger partial charge in [0, 0.05) is 11.6 Å². The molecule has 4 saturated carbocycles. The van der Waals surface area contributed by atoms with Crippen LogP contribution in [0.4, 0.5) is 0 Å². The zero-order valence-electron chi connectivity index (χ0n) is 22.0. The Bertz CT molecular complexity index is 887. The molecule has 10 atom stereocenters. The van der Waals surface area contributed by atoms with Crippen LogP contribution in [0.2, 0.25) is 0 Å². The van der Waals surface area contributed by atoms with Gasteiger partial charge in [-0.15, -0.1) is 0 Å². The highest BCUT2D eigenvalue weighted by Crippen LogP contribution is 2.67. The van der Waals surface area contributed by atoms with Crippen molar-refractivity contribution < 1.29 is 9.90 Å². The lowest BCUT2D eigenvalue weighted by atomic mass is 9.44. The molecule has 1 aromatic rings. The fourth-order valence-corrected chi connectivity index (χ4v) is 9.53. The van der Waals surface area contributed by atoms with Gasteiger partial charge in [0.15, 0.2) is 0 Å². The molecule has 0 radical (unpaired) electrons. The summed E-state index contributed by atoms with van der Waals surface area (Å²) in [6.45, 7) is 7.54. The molecule has 0 spiro atoms. The minimum absolute atomic E-state index is 0.0534. The van der Waals surface area contributed by atoms with E-state index in [0.717, 1.165) is 42.9 Å². The van der Waals surface area contributed by atoms with Gasteiger partial charge in [-0.2, -0.15) is 0 Å². The number of nitrogens with one attached hydrogen (secondary N) is 1. The zero-order valence-corrected chi connectivity index (χ0v) is 22.0. The Balaban J connectivity index is 1.31. The number of carbonyl (C=O) groups is 1. The number of amides is 1. The van der Waals surface area contributed by atoms with Gasteiger partial charge >= 0.3 is 0 Å². The summed E-state index contributed by atoms with van der Waals surface area (Å²) in [5, 5.41) is 14.7. The van der Waals surface area contributed by atoms with Crippen molar-refractivity contribution in [1.82, 2.24) is 10.2 Å². The minimum atomic E-state index is -0.439. The van der Waals surface area contributed by atoms with Crippen LogP contribution in [-0.4, -0.2) is 48.2 Å². The Morgan fingerprint density at radius 2 is 1.59 bits per heavy atom. The summed E-state index contributed by atoms with van der Waals surface area (Å²) in [4.78, 5) is 15.2. The lowest BCUT2D eigenvalue weighted by Crippen LogP contribution is -2.61. The van der Waals surface area contributed by atoms with Crippen molar-refractivity contribution in [2.75, 3.05) is 14.1 Å². The molecule has 5 rings (SSSR count). The first-order chi connectivity index (χ1) is 16.2. The van der Waals surface area contributed by atoms with Gasteiger partial charge in [-0.25, -0.2) is 0 Å². The maximum atomic E-state index is 12.8. The molecule has 0 unspecified atom stereocenters. The number of carbonyl (C=O) groups excluding carboxylic acids is 1. The summed E-state index contributed by atoms with van der Waals surface area (Å²) in [5.41, 5.74) is 1.34. The van der Waals surface area contributed by atoms with E-state index in [4.69, 9.17) is 0 Å². The lowest BCUT2D eigenvalue weighted by Gasteiger charge is -2.62. The summed E-state index contributed by atoms with van der Waals surface area (Å²) in [5.74, 6) is 3.41. The van der Waals surface area contributed by atoms with E-state index >= 15 is 0 Å². The zero-order chi connectivity index (χ0) is 24.3. The molecule has 0 bridgehead atoms. The van der Waals surface area contributed by atoms with E-state index in [1.165, 1.54) is 32.1 Å². The Morgan fingerprint density at radius 1 is 0.941 bits per heavy atom. The van der Waals surface area contributed by atoms with E-state index in [0.29, 0.717) is 22.9 Å². The third-order valence-corrected chi connectivity index (χ3v) is 11.6. The van der Waals surface area contributed by atoms with Gasteiger partial charge in [0.2, 0.25) is 0 Å². The number of nitrogens with zero attached hydrogens (tertiary/aromatic N) is 1. The fourth-order valence-electron chi connectivity index (χ4n) is 9.53. The molecular weight excluding hydrogens is 420 g/mol. The van der Waals surface area contributed by atoms with Crippen LogP contribution in [0.5, 0.6) is 0 Å². The Hall–Kier alpha value is -1.39. The summed E-state index contributed by atoms with van der Waals surface area (Å²) < 4.78 is 0. The molecule has 4 heteroatoms. The van der Waals surface area contributed by atoms with Crippen molar-refractivity contribution in [2.24, 2.45) is 40.4 Å². The van der Waals surface area contributed by atoms with Crippen LogP contribution in [0.3, 0.4) is 0 Å². The third kappa shape index (κ3) is 3.75. The highest BCUT2D eigenvalue weighted by Gasteiger charge is 2.62. The van der Waals surface area contributed by atoms with Crippen LogP contribution in [0.1, 0.15) is 82.5 Å². The monoisotopic (exact) mass is 466 g/mol. The maximum absolute atomic E-state index is 12.8. The van der Waals surface area contributed by atoms with Gasteiger partial charge in [0.1, 0.15) is 0 Å². The van der Waals surface area contributed by atoms with E-state index in [2.05, 4.69) is 45.1 Å². The number of rotatable bonds is 4. The highest BCUT2D eigenvalue weighted by molar-refractivity contribution is 5.94. The van der Waals surface area contributed by atoms with Crippen LogP contribution in [0.15, 0.2) is 30.3 Å². The van der Waals surface area contributed by atoms with Gasteiger partial charge < -0.3 is 15.3 Å². The average Bonchev–Trinajstić information content (AvgIpc) is 3.18. The SMILES string of the molecule is C[C@H]([C@H]1CC[C@@H]2[C@H]3CC[C@H]4[C@@H](O)[C@@H](NC(=O)c5ccccc5)CC[C@@]4(C)[C@@H]3CC[C@@]21C)N(C)C. The molecule has 4 nitrogen and oxygen atoms in total. The Labute approximate surface area is 206 Å². The van der Waals surface area contributed by atoms with Gasteiger partial charge in [0.05, 0.1) is 12.1 Å². The van der Waals surface area contributed by atoms with Crippen molar-refractivity contribution in [1.29, 1.82) is 0 Å². The van der Waals surface area contributed by atoms with E-state index < -0.39 is 6.10 Å². The molecule has 188 valence electrons. The Morgan fingerprint density at radius 3 is 2.29 bits per heavy atom.